The van der Waals surface area contributed by atoms with Gasteiger partial charge >= 0.3 is 0 Å². The number of hydrogen-bond donors (Lipinski definition) is 1. The molecule has 0 amide bonds. The maximum absolute atomic E-state index is 3.63. The largest absolute Gasteiger partial charge is 0.314 e. The molecule has 17 heavy (non-hydrogen) atoms. The lowest BCUT2D eigenvalue weighted by atomic mass is 9.79. The first kappa shape index (κ1) is 15.0. The van der Waals surface area contributed by atoms with Gasteiger partial charge in [-0.05, 0) is 46.2 Å². The molecule has 0 aromatic heterocycles. The van der Waals surface area contributed by atoms with Crippen molar-refractivity contribution in [2.24, 2.45) is 0 Å². The molecule has 0 aromatic carbocycles. The van der Waals surface area contributed by atoms with Crippen molar-refractivity contribution in [3.63, 3.8) is 0 Å². The molecular formula is C15H32N2. The maximum Gasteiger partial charge on any atom is 0.0190 e. The standard InChI is InChI=1S/C15H32N2/c1-5-14(3)17(6-2)13-12-15(16-4)10-8-7-9-11-15/h14,16H,5-13H2,1-4H3. The lowest BCUT2D eigenvalue weighted by Crippen LogP contribution is -2.48. The zero-order chi connectivity index (χ0) is 12.7. The quantitative estimate of drug-likeness (QED) is 0.733. The maximum atomic E-state index is 3.63. The average molecular weight is 240 g/mol. The minimum absolute atomic E-state index is 0.444. The number of nitrogens with one attached hydrogen (secondary N) is 1. The predicted molar refractivity (Wildman–Crippen MR) is 76.5 cm³/mol. The Hall–Kier alpha value is -0.0800. The average Bonchev–Trinajstić information content (AvgIpc) is 2.40. The Morgan fingerprint density at radius 3 is 2.29 bits per heavy atom. The summed E-state index contributed by atoms with van der Waals surface area (Å²) in [6, 6.07) is 0.734. The highest BCUT2D eigenvalue weighted by Crippen LogP contribution is 2.31. The van der Waals surface area contributed by atoms with Gasteiger partial charge in [0, 0.05) is 18.1 Å². The smallest absolute Gasteiger partial charge is 0.0190 e. The Bertz CT molecular complexity index is 197. The molecule has 0 saturated heterocycles. The van der Waals surface area contributed by atoms with Crippen LogP contribution in [0.5, 0.6) is 0 Å². The molecule has 0 radical (unpaired) electrons. The van der Waals surface area contributed by atoms with Crippen LogP contribution in [0, 0.1) is 0 Å². The Labute approximate surface area is 108 Å². The molecule has 102 valence electrons. The molecule has 0 spiro atoms. The summed E-state index contributed by atoms with van der Waals surface area (Å²) in [5.74, 6) is 0. The first-order chi connectivity index (χ1) is 8.17. The lowest BCUT2D eigenvalue weighted by molar-refractivity contribution is 0.157. The Kier molecular flexibility index (Phi) is 6.50. The fraction of sp³-hybridized carbons (Fsp3) is 1.00. The zero-order valence-electron chi connectivity index (χ0n) is 12.4. The van der Waals surface area contributed by atoms with E-state index in [1.807, 2.05) is 0 Å². The highest BCUT2D eigenvalue weighted by atomic mass is 15.1. The van der Waals surface area contributed by atoms with Crippen LogP contribution < -0.4 is 5.32 Å². The summed E-state index contributed by atoms with van der Waals surface area (Å²) in [6.07, 6.45) is 9.60. The molecule has 1 fully saturated rings. The summed E-state index contributed by atoms with van der Waals surface area (Å²) in [6.45, 7) is 9.39. The van der Waals surface area contributed by atoms with E-state index < -0.39 is 0 Å². The predicted octanol–water partition coefficient (Wildman–Crippen LogP) is 3.42. The molecule has 0 aromatic rings. The first-order valence-electron chi connectivity index (χ1n) is 7.60. The fourth-order valence-electron chi connectivity index (χ4n) is 3.16. The second-order valence-electron chi connectivity index (χ2n) is 5.73. The van der Waals surface area contributed by atoms with Crippen molar-refractivity contribution in [2.75, 3.05) is 20.1 Å². The molecule has 1 unspecified atom stereocenters. The van der Waals surface area contributed by atoms with Gasteiger partial charge in [0.05, 0.1) is 0 Å². The summed E-state index contributed by atoms with van der Waals surface area (Å²) in [5.41, 5.74) is 0.444. The zero-order valence-corrected chi connectivity index (χ0v) is 12.4. The SMILES string of the molecule is CCC(C)N(CC)CCC1(NC)CCCCC1. The molecule has 0 aliphatic heterocycles. The van der Waals surface area contributed by atoms with Crippen LogP contribution in [0.4, 0.5) is 0 Å². The minimum atomic E-state index is 0.444. The minimum Gasteiger partial charge on any atom is -0.314 e. The van der Waals surface area contributed by atoms with Gasteiger partial charge in [-0.25, -0.2) is 0 Å². The van der Waals surface area contributed by atoms with Gasteiger partial charge in [-0.2, -0.15) is 0 Å². The molecule has 2 heteroatoms. The van der Waals surface area contributed by atoms with Crippen LogP contribution in [0.2, 0.25) is 0 Å². The molecule has 1 rings (SSSR count). The van der Waals surface area contributed by atoms with Gasteiger partial charge < -0.3 is 10.2 Å². The van der Waals surface area contributed by atoms with Gasteiger partial charge in [-0.1, -0.05) is 33.1 Å². The molecule has 0 bridgehead atoms. The third-order valence-corrected chi connectivity index (χ3v) is 4.84. The van der Waals surface area contributed by atoms with Crippen molar-refractivity contribution in [1.29, 1.82) is 0 Å². The highest BCUT2D eigenvalue weighted by Gasteiger charge is 2.30. The summed E-state index contributed by atoms with van der Waals surface area (Å²) in [7, 11) is 2.16. The van der Waals surface area contributed by atoms with Crippen LogP contribution in [0.3, 0.4) is 0 Å². The van der Waals surface area contributed by atoms with E-state index >= 15 is 0 Å². The molecule has 1 N–H and O–H groups in total. The second kappa shape index (κ2) is 7.38. The van der Waals surface area contributed by atoms with E-state index in [-0.39, 0.29) is 0 Å². The molecule has 1 aliphatic rings. The van der Waals surface area contributed by atoms with Gasteiger partial charge in [0.1, 0.15) is 0 Å². The second-order valence-corrected chi connectivity index (χ2v) is 5.73. The number of hydrogen-bond acceptors (Lipinski definition) is 2. The molecule has 1 aliphatic carbocycles. The van der Waals surface area contributed by atoms with E-state index in [1.165, 1.54) is 58.0 Å². The van der Waals surface area contributed by atoms with Crippen molar-refractivity contribution in [3.8, 4) is 0 Å². The third-order valence-electron chi connectivity index (χ3n) is 4.84. The van der Waals surface area contributed by atoms with Crippen molar-refractivity contribution in [1.82, 2.24) is 10.2 Å². The van der Waals surface area contributed by atoms with E-state index in [2.05, 4.69) is 38.0 Å². The fourth-order valence-corrected chi connectivity index (χ4v) is 3.16. The van der Waals surface area contributed by atoms with Crippen LogP contribution in [-0.4, -0.2) is 36.6 Å². The Balaban J connectivity index is 2.45. The van der Waals surface area contributed by atoms with Gasteiger partial charge in [0.25, 0.3) is 0 Å². The number of nitrogens with zero attached hydrogens (tertiary/aromatic N) is 1. The van der Waals surface area contributed by atoms with Gasteiger partial charge in [0.15, 0.2) is 0 Å². The summed E-state index contributed by atoms with van der Waals surface area (Å²) < 4.78 is 0. The van der Waals surface area contributed by atoms with Crippen molar-refractivity contribution < 1.29 is 0 Å². The highest BCUT2D eigenvalue weighted by molar-refractivity contribution is 4.90. The lowest BCUT2D eigenvalue weighted by Gasteiger charge is -2.39. The topological polar surface area (TPSA) is 15.3 Å². The van der Waals surface area contributed by atoms with E-state index in [0.717, 1.165) is 6.04 Å². The Morgan fingerprint density at radius 1 is 1.18 bits per heavy atom. The van der Waals surface area contributed by atoms with Crippen molar-refractivity contribution in [2.45, 2.75) is 77.3 Å². The van der Waals surface area contributed by atoms with Gasteiger partial charge in [-0.15, -0.1) is 0 Å². The van der Waals surface area contributed by atoms with Crippen LogP contribution in [0.25, 0.3) is 0 Å². The van der Waals surface area contributed by atoms with E-state index in [9.17, 15) is 0 Å². The summed E-state index contributed by atoms with van der Waals surface area (Å²) in [5, 5.41) is 3.63. The van der Waals surface area contributed by atoms with Crippen molar-refractivity contribution in [3.05, 3.63) is 0 Å². The van der Waals surface area contributed by atoms with E-state index in [0.29, 0.717) is 5.54 Å². The van der Waals surface area contributed by atoms with E-state index in [1.54, 1.807) is 0 Å². The van der Waals surface area contributed by atoms with Crippen LogP contribution in [-0.2, 0) is 0 Å². The molecule has 1 saturated carbocycles. The van der Waals surface area contributed by atoms with E-state index in [4.69, 9.17) is 0 Å². The van der Waals surface area contributed by atoms with Crippen molar-refractivity contribution >= 4 is 0 Å². The van der Waals surface area contributed by atoms with Crippen LogP contribution in [0.1, 0.15) is 65.7 Å². The molecule has 0 heterocycles. The first-order valence-corrected chi connectivity index (χ1v) is 7.60. The molecule has 1 atom stereocenters. The Morgan fingerprint density at radius 2 is 1.82 bits per heavy atom. The van der Waals surface area contributed by atoms with Gasteiger partial charge in [-0.3, -0.25) is 0 Å². The monoisotopic (exact) mass is 240 g/mol. The summed E-state index contributed by atoms with van der Waals surface area (Å²) >= 11 is 0. The molecule has 2 nitrogen and oxygen atoms in total. The van der Waals surface area contributed by atoms with Crippen LogP contribution in [0.15, 0.2) is 0 Å². The van der Waals surface area contributed by atoms with Crippen LogP contribution >= 0.6 is 0 Å². The summed E-state index contributed by atoms with van der Waals surface area (Å²) in [4.78, 5) is 2.63. The normalized spacial score (nSPS) is 21.7. The third kappa shape index (κ3) is 4.26. The molecular weight excluding hydrogens is 208 g/mol. The number of rotatable bonds is 7. The van der Waals surface area contributed by atoms with Gasteiger partial charge in [0.2, 0.25) is 0 Å².